The first-order chi connectivity index (χ1) is 13.7. The molecule has 8 nitrogen and oxygen atoms in total. The maximum Gasteiger partial charge on any atom is 0.407 e. The van der Waals surface area contributed by atoms with E-state index in [1.165, 1.54) is 0 Å². The largest absolute Gasteiger partial charge is 0.444 e. The number of nitrogens with one attached hydrogen (secondary N) is 2. The van der Waals surface area contributed by atoms with Gasteiger partial charge in [0.1, 0.15) is 11.4 Å². The van der Waals surface area contributed by atoms with E-state index < -0.39 is 11.7 Å². The van der Waals surface area contributed by atoms with Crippen LogP contribution in [-0.4, -0.2) is 53.0 Å². The molecule has 1 aromatic rings. The monoisotopic (exact) mass is 404 g/mol. The molecule has 1 saturated heterocycles. The lowest BCUT2D eigenvalue weighted by Crippen LogP contribution is -2.44. The molecular weight excluding hydrogens is 372 g/mol. The molecule has 0 aliphatic carbocycles. The van der Waals surface area contributed by atoms with Crippen molar-refractivity contribution in [1.82, 2.24) is 15.2 Å². The van der Waals surface area contributed by atoms with Crippen LogP contribution in [0.1, 0.15) is 52.0 Å². The first kappa shape index (κ1) is 22.6. The fourth-order valence-corrected chi connectivity index (χ4v) is 3.16. The number of aromatic nitrogens is 1. The summed E-state index contributed by atoms with van der Waals surface area (Å²) in [6.07, 6.45) is 3.56. The second-order valence-electron chi connectivity index (χ2n) is 8.37. The van der Waals surface area contributed by atoms with E-state index in [2.05, 4.69) is 15.6 Å². The van der Waals surface area contributed by atoms with Gasteiger partial charge in [0, 0.05) is 32.3 Å². The number of carbonyl (C=O) groups excluding carboxylic acids is 3. The van der Waals surface area contributed by atoms with Crippen molar-refractivity contribution in [3.05, 3.63) is 23.9 Å². The second kappa shape index (κ2) is 10.2. The van der Waals surface area contributed by atoms with Gasteiger partial charge in [0.25, 0.3) is 0 Å². The number of anilines is 1. The molecule has 2 N–H and O–H groups in total. The van der Waals surface area contributed by atoms with E-state index in [1.807, 2.05) is 19.1 Å². The molecule has 0 radical (unpaired) electrons. The zero-order valence-corrected chi connectivity index (χ0v) is 17.8. The van der Waals surface area contributed by atoms with Crippen molar-refractivity contribution in [1.29, 1.82) is 0 Å². The fraction of sp³-hybridized carbons (Fsp3) is 0.619. The lowest BCUT2D eigenvalue weighted by atomic mass is 9.96. The van der Waals surface area contributed by atoms with Gasteiger partial charge in [0.15, 0.2) is 0 Å². The van der Waals surface area contributed by atoms with Crippen molar-refractivity contribution in [2.45, 2.75) is 59.0 Å². The molecule has 0 aromatic carbocycles. The number of aryl methyl sites for hydroxylation is 1. The third kappa shape index (κ3) is 7.71. The Morgan fingerprint density at radius 1 is 1.31 bits per heavy atom. The SMILES string of the molecule is Cc1cccnc1NC(=O)C1CCCN(C(=O)CCCNC(=O)OC(C)(C)C)C1. The molecule has 0 saturated carbocycles. The van der Waals surface area contributed by atoms with E-state index in [1.54, 1.807) is 31.9 Å². The number of pyridine rings is 1. The number of nitrogens with zero attached hydrogens (tertiary/aromatic N) is 2. The Kier molecular flexibility index (Phi) is 7.99. The van der Waals surface area contributed by atoms with E-state index in [4.69, 9.17) is 4.74 Å². The van der Waals surface area contributed by atoms with Crippen LogP contribution >= 0.6 is 0 Å². The van der Waals surface area contributed by atoms with Crippen molar-refractivity contribution in [3.8, 4) is 0 Å². The molecule has 2 rings (SSSR count). The van der Waals surface area contributed by atoms with E-state index in [0.29, 0.717) is 38.3 Å². The van der Waals surface area contributed by atoms with Crippen LogP contribution < -0.4 is 10.6 Å². The minimum Gasteiger partial charge on any atom is -0.444 e. The number of rotatable bonds is 6. The molecular formula is C21H32N4O4. The van der Waals surface area contributed by atoms with E-state index in [0.717, 1.165) is 18.4 Å². The van der Waals surface area contributed by atoms with Crippen LogP contribution in [0.5, 0.6) is 0 Å². The van der Waals surface area contributed by atoms with Gasteiger partial charge < -0.3 is 20.3 Å². The molecule has 1 aromatic heterocycles. The Hall–Kier alpha value is -2.64. The van der Waals surface area contributed by atoms with Crippen LogP contribution in [0.4, 0.5) is 10.6 Å². The zero-order chi connectivity index (χ0) is 21.4. The maximum atomic E-state index is 12.6. The van der Waals surface area contributed by atoms with Gasteiger partial charge in [-0.15, -0.1) is 0 Å². The molecule has 160 valence electrons. The highest BCUT2D eigenvalue weighted by Gasteiger charge is 2.28. The predicted molar refractivity (Wildman–Crippen MR) is 110 cm³/mol. The summed E-state index contributed by atoms with van der Waals surface area (Å²) in [7, 11) is 0. The average Bonchev–Trinajstić information content (AvgIpc) is 2.65. The maximum absolute atomic E-state index is 12.6. The molecule has 1 fully saturated rings. The summed E-state index contributed by atoms with van der Waals surface area (Å²) >= 11 is 0. The summed E-state index contributed by atoms with van der Waals surface area (Å²) in [6, 6.07) is 3.72. The van der Waals surface area contributed by atoms with Crippen LogP contribution in [-0.2, 0) is 14.3 Å². The van der Waals surface area contributed by atoms with E-state index >= 15 is 0 Å². The van der Waals surface area contributed by atoms with Crippen molar-refractivity contribution in [3.63, 3.8) is 0 Å². The van der Waals surface area contributed by atoms with Gasteiger partial charge in [-0.05, 0) is 58.6 Å². The molecule has 1 unspecified atom stereocenters. The van der Waals surface area contributed by atoms with Gasteiger partial charge in [-0.1, -0.05) is 6.07 Å². The van der Waals surface area contributed by atoms with Crippen LogP contribution in [0.3, 0.4) is 0 Å². The number of alkyl carbamates (subject to hydrolysis) is 1. The Balaban J connectivity index is 1.75. The number of hydrogen-bond acceptors (Lipinski definition) is 5. The number of piperidine rings is 1. The number of ether oxygens (including phenoxy) is 1. The van der Waals surface area contributed by atoms with E-state index in [-0.39, 0.29) is 17.7 Å². The molecule has 29 heavy (non-hydrogen) atoms. The molecule has 1 aliphatic heterocycles. The van der Waals surface area contributed by atoms with Crippen molar-refractivity contribution >= 4 is 23.7 Å². The minimum atomic E-state index is -0.545. The number of hydrogen-bond donors (Lipinski definition) is 2. The Morgan fingerprint density at radius 3 is 2.76 bits per heavy atom. The topological polar surface area (TPSA) is 101 Å². The van der Waals surface area contributed by atoms with Crippen molar-refractivity contribution in [2.75, 3.05) is 25.0 Å². The van der Waals surface area contributed by atoms with Crippen molar-refractivity contribution < 1.29 is 19.1 Å². The van der Waals surface area contributed by atoms with Gasteiger partial charge in [0.2, 0.25) is 11.8 Å². The van der Waals surface area contributed by atoms with Gasteiger partial charge >= 0.3 is 6.09 Å². The fourth-order valence-electron chi connectivity index (χ4n) is 3.16. The predicted octanol–water partition coefficient (Wildman–Crippen LogP) is 2.87. The molecule has 2 heterocycles. The van der Waals surface area contributed by atoms with Crippen LogP contribution in [0.2, 0.25) is 0 Å². The molecule has 1 atom stereocenters. The van der Waals surface area contributed by atoms with Gasteiger partial charge in [0.05, 0.1) is 5.92 Å². The van der Waals surface area contributed by atoms with Gasteiger partial charge in [-0.25, -0.2) is 9.78 Å². The average molecular weight is 405 g/mol. The number of likely N-dealkylation sites (tertiary alicyclic amines) is 1. The quantitative estimate of drug-likeness (QED) is 0.710. The van der Waals surface area contributed by atoms with Crippen molar-refractivity contribution in [2.24, 2.45) is 5.92 Å². The molecule has 1 aliphatic rings. The lowest BCUT2D eigenvalue weighted by Gasteiger charge is -2.32. The van der Waals surface area contributed by atoms with Crippen LogP contribution in [0.25, 0.3) is 0 Å². The third-order valence-electron chi connectivity index (χ3n) is 4.63. The zero-order valence-electron chi connectivity index (χ0n) is 17.8. The van der Waals surface area contributed by atoms with Crippen LogP contribution in [0.15, 0.2) is 18.3 Å². The highest BCUT2D eigenvalue weighted by atomic mass is 16.6. The summed E-state index contributed by atoms with van der Waals surface area (Å²) in [5, 5.41) is 5.53. The summed E-state index contributed by atoms with van der Waals surface area (Å²) in [4.78, 5) is 42.6. The minimum absolute atomic E-state index is 0.00232. The standard InChI is InChI=1S/C21H32N4O4/c1-15-8-5-11-22-18(15)24-19(27)16-9-7-13-25(14-16)17(26)10-6-12-23-20(28)29-21(2,3)4/h5,8,11,16H,6-7,9-10,12-14H2,1-4H3,(H,23,28)(H,22,24,27). The highest BCUT2D eigenvalue weighted by Crippen LogP contribution is 2.20. The number of amides is 3. The number of carbonyl (C=O) groups is 3. The Bertz CT molecular complexity index is 730. The lowest BCUT2D eigenvalue weighted by molar-refractivity contribution is -0.134. The molecule has 8 heteroatoms. The second-order valence-corrected chi connectivity index (χ2v) is 8.37. The van der Waals surface area contributed by atoms with Crippen LogP contribution in [0, 0.1) is 12.8 Å². The Morgan fingerprint density at radius 2 is 2.07 bits per heavy atom. The highest BCUT2D eigenvalue weighted by molar-refractivity contribution is 5.93. The third-order valence-corrected chi connectivity index (χ3v) is 4.63. The molecule has 0 spiro atoms. The normalized spacial score (nSPS) is 16.8. The first-order valence-electron chi connectivity index (χ1n) is 10.1. The molecule has 3 amide bonds. The van der Waals surface area contributed by atoms with Gasteiger partial charge in [-0.3, -0.25) is 9.59 Å². The first-order valence-corrected chi connectivity index (χ1v) is 10.1. The van der Waals surface area contributed by atoms with Gasteiger partial charge in [-0.2, -0.15) is 0 Å². The smallest absolute Gasteiger partial charge is 0.407 e. The summed E-state index contributed by atoms with van der Waals surface area (Å²) < 4.78 is 5.16. The summed E-state index contributed by atoms with van der Waals surface area (Å²) in [5.74, 6) is 0.224. The summed E-state index contributed by atoms with van der Waals surface area (Å²) in [6.45, 7) is 8.74. The van der Waals surface area contributed by atoms with E-state index in [9.17, 15) is 14.4 Å². The molecule has 0 bridgehead atoms. The Labute approximate surface area is 172 Å². The summed E-state index contributed by atoms with van der Waals surface area (Å²) in [5.41, 5.74) is 0.360.